The molecular weight excluding hydrogens is 336 g/mol. The summed E-state index contributed by atoms with van der Waals surface area (Å²) < 4.78 is 26.4. The van der Waals surface area contributed by atoms with Crippen LogP contribution in [0.3, 0.4) is 0 Å². The zero-order valence-corrected chi connectivity index (χ0v) is 13.0. The first-order chi connectivity index (χ1) is 11.8. The van der Waals surface area contributed by atoms with E-state index in [2.05, 4.69) is 10.6 Å². The first kappa shape index (κ1) is 18.0. The van der Waals surface area contributed by atoms with Gasteiger partial charge in [-0.3, -0.25) is 19.7 Å². The number of amides is 2. The maximum Gasteiger partial charge on any atom is 0.270 e. The fraction of sp³-hybridized carbons (Fsp3) is 0.125. The molecule has 25 heavy (non-hydrogen) atoms. The molecule has 9 heteroatoms. The number of halogens is 2. The normalized spacial score (nSPS) is 11.5. The van der Waals surface area contributed by atoms with Gasteiger partial charge in [0.2, 0.25) is 5.91 Å². The van der Waals surface area contributed by atoms with E-state index in [0.717, 1.165) is 18.2 Å². The number of rotatable bonds is 5. The van der Waals surface area contributed by atoms with E-state index in [4.69, 9.17) is 0 Å². The topological polar surface area (TPSA) is 101 Å². The van der Waals surface area contributed by atoms with Gasteiger partial charge in [-0.2, -0.15) is 0 Å². The molecule has 0 saturated carbocycles. The van der Waals surface area contributed by atoms with Crippen molar-refractivity contribution < 1.29 is 23.3 Å². The second kappa shape index (κ2) is 7.47. The molecule has 1 atom stereocenters. The minimum absolute atomic E-state index is 0.00168. The Bertz CT molecular complexity index is 842. The number of hydrogen-bond donors (Lipinski definition) is 2. The van der Waals surface area contributed by atoms with E-state index in [0.29, 0.717) is 6.07 Å². The van der Waals surface area contributed by atoms with E-state index in [1.165, 1.54) is 25.1 Å². The van der Waals surface area contributed by atoms with Crippen LogP contribution in [0.5, 0.6) is 0 Å². The average Bonchev–Trinajstić information content (AvgIpc) is 2.57. The van der Waals surface area contributed by atoms with Gasteiger partial charge in [-0.25, -0.2) is 8.78 Å². The van der Waals surface area contributed by atoms with Crippen LogP contribution in [-0.2, 0) is 4.79 Å². The Labute approximate surface area is 140 Å². The fourth-order valence-corrected chi connectivity index (χ4v) is 1.94. The summed E-state index contributed by atoms with van der Waals surface area (Å²) in [6.07, 6.45) is 0. The van der Waals surface area contributed by atoms with Crippen molar-refractivity contribution in [1.29, 1.82) is 0 Å². The number of nitrogens with zero attached hydrogens (tertiary/aromatic N) is 1. The molecule has 0 radical (unpaired) electrons. The molecule has 130 valence electrons. The quantitative estimate of drug-likeness (QED) is 0.640. The Morgan fingerprint density at radius 3 is 2.52 bits per heavy atom. The van der Waals surface area contributed by atoms with E-state index >= 15 is 0 Å². The summed E-state index contributed by atoms with van der Waals surface area (Å²) in [5.41, 5.74) is -0.497. The molecule has 0 heterocycles. The third-order valence-corrected chi connectivity index (χ3v) is 3.25. The Hall–Kier alpha value is -3.36. The molecule has 2 aromatic rings. The maximum atomic E-state index is 13.5. The zero-order valence-electron chi connectivity index (χ0n) is 13.0. The smallest absolute Gasteiger partial charge is 0.270 e. The van der Waals surface area contributed by atoms with Gasteiger partial charge in [-0.15, -0.1) is 0 Å². The highest BCUT2D eigenvalue weighted by Gasteiger charge is 2.19. The summed E-state index contributed by atoms with van der Waals surface area (Å²) in [6.45, 7) is 1.35. The number of nitro benzene ring substituents is 1. The molecule has 2 rings (SSSR count). The zero-order chi connectivity index (χ0) is 18.6. The highest BCUT2D eigenvalue weighted by Crippen LogP contribution is 2.16. The third kappa shape index (κ3) is 4.56. The molecule has 2 aromatic carbocycles. The van der Waals surface area contributed by atoms with Gasteiger partial charge in [-0.05, 0) is 25.1 Å². The van der Waals surface area contributed by atoms with Crippen molar-refractivity contribution in [2.45, 2.75) is 13.0 Å². The van der Waals surface area contributed by atoms with Gasteiger partial charge in [0.05, 0.1) is 10.6 Å². The van der Waals surface area contributed by atoms with E-state index in [-0.39, 0.29) is 16.9 Å². The molecule has 0 spiro atoms. The SMILES string of the molecule is CC(NC(=O)c1cccc([N+](=O)[O-])c1)C(=O)Nc1ccc(F)cc1F. The summed E-state index contributed by atoms with van der Waals surface area (Å²) in [7, 11) is 0. The van der Waals surface area contributed by atoms with Crippen molar-refractivity contribution in [2.75, 3.05) is 5.32 Å². The number of benzene rings is 2. The molecule has 0 aliphatic rings. The summed E-state index contributed by atoms with van der Waals surface area (Å²) in [4.78, 5) is 34.1. The second-order valence-electron chi connectivity index (χ2n) is 5.12. The fourth-order valence-electron chi connectivity index (χ4n) is 1.94. The molecular formula is C16H13F2N3O4. The number of hydrogen-bond acceptors (Lipinski definition) is 4. The highest BCUT2D eigenvalue weighted by molar-refractivity contribution is 6.01. The van der Waals surface area contributed by atoms with Crippen molar-refractivity contribution >= 4 is 23.2 Å². The van der Waals surface area contributed by atoms with Gasteiger partial charge < -0.3 is 10.6 Å². The predicted octanol–water partition coefficient (Wildman–Crippen LogP) is 2.63. The molecule has 0 aliphatic heterocycles. The molecule has 2 amide bonds. The summed E-state index contributed by atoms with van der Waals surface area (Å²) in [6, 6.07) is 6.57. The summed E-state index contributed by atoms with van der Waals surface area (Å²) in [5, 5.41) is 15.3. The van der Waals surface area contributed by atoms with Crippen LogP contribution >= 0.6 is 0 Å². The number of carbonyl (C=O) groups excluding carboxylic acids is 2. The standard InChI is InChI=1S/C16H13F2N3O4/c1-9(15(22)20-14-6-5-11(17)8-13(14)18)19-16(23)10-3-2-4-12(7-10)21(24)25/h2-9H,1H3,(H,19,23)(H,20,22). The molecule has 0 fully saturated rings. The summed E-state index contributed by atoms with van der Waals surface area (Å²) in [5.74, 6) is -3.18. The highest BCUT2D eigenvalue weighted by atomic mass is 19.1. The number of non-ortho nitro benzene ring substituents is 1. The van der Waals surface area contributed by atoms with E-state index in [1.54, 1.807) is 0 Å². The molecule has 1 unspecified atom stereocenters. The number of nitro groups is 1. The van der Waals surface area contributed by atoms with E-state index < -0.39 is 34.4 Å². The Morgan fingerprint density at radius 2 is 1.88 bits per heavy atom. The molecule has 0 aliphatic carbocycles. The Balaban J connectivity index is 2.04. The van der Waals surface area contributed by atoms with Crippen molar-refractivity contribution in [3.8, 4) is 0 Å². The largest absolute Gasteiger partial charge is 0.341 e. The van der Waals surface area contributed by atoms with E-state index in [1.807, 2.05) is 0 Å². The number of nitrogens with one attached hydrogen (secondary N) is 2. The van der Waals surface area contributed by atoms with Gasteiger partial charge in [0.15, 0.2) is 0 Å². The molecule has 0 aromatic heterocycles. The van der Waals surface area contributed by atoms with Gasteiger partial charge >= 0.3 is 0 Å². The van der Waals surface area contributed by atoms with Gasteiger partial charge in [0.1, 0.15) is 17.7 Å². The lowest BCUT2D eigenvalue weighted by atomic mass is 10.1. The number of anilines is 1. The minimum Gasteiger partial charge on any atom is -0.341 e. The maximum absolute atomic E-state index is 13.5. The van der Waals surface area contributed by atoms with Crippen molar-refractivity contribution in [2.24, 2.45) is 0 Å². The van der Waals surface area contributed by atoms with Crippen LogP contribution in [0, 0.1) is 21.7 Å². The second-order valence-corrected chi connectivity index (χ2v) is 5.12. The average molecular weight is 349 g/mol. The van der Waals surface area contributed by atoms with Gasteiger partial charge in [-0.1, -0.05) is 6.07 Å². The first-order valence-electron chi connectivity index (χ1n) is 7.09. The van der Waals surface area contributed by atoms with Crippen molar-refractivity contribution in [3.63, 3.8) is 0 Å². The molecule has 2 N–H and O–H groups in total. The van der Waals surface area contributed by atoms with Crippen LogP contribution in [0.15, 0.2) is 42.5 Å². The van der Waals surface area contributed by atoms with Gasteiger partial charge in [0.25, 0.3) is 11.6 Å². The lowest BCUT2D eigenvalue weighted by Crippen LogP contribution is -2.41. The van der Waals surface area contributed by atoms with E-state index in [9.17, 15) is 28.5 Å². The molecule has 0 saturated heterocycles. The van der Waals surface area contributed by atoms with Crippen molar-refractivity contribution in [3.05, 3.63) is 69.8 Å². The van der Waals surface area contributed by atoms with Crippen LogP contribution in [0.2, 0.25) is 0 Å². The Kier molecular flexibility index (Phi) is 5.38. The number of carbonyl (C=O) groups is 2. The lowest BCUT2D eigenvalue weighted by molar-refractivity contribution is -0.384. The van der Waals surface area contributed by atoms with Crippen LogP contribution < -0.4 is 10.6 Å². The molecule has 0 bridgehead atoms. The van der Waals surface area contributed by atoms with Gasteiger partial charge in [0, 0.05) is 23.8 Å². The monoisotopic (exact) mass is 349 g/mol. The van der Waals surface area contributed by atoms with Crippen LogP contribution in [0.25, 0.3) is 0 Å². The predicted molar refractivity (Wildman–Crippen MR) is 85.0 cm³/mol. The first-order valence-corrected chi connectivity index (χ1v) is 7.09. The third-order valence-electron chi connectivity index (χ3n) is 3.25. The van der Waals surface area contributed by atoms with Crippen LogP contribution in [0.4, 0.5) is 20.2 Å². The Morgan fingerprint density at radius 1 is 1.16 bits per heavy atom. The van der Waals surface area contributed by atoms with Crippen molar-refractivity contribution in [1.82, 2.24) is 5.32 Å². The lowest BCUT2D eigenvalue weighted by Gasteiger charge is -2.14. The summed E-state index contributed by atoms with van der Waals surface area (Å²) >= 11 is 0. The molecule has 7 nitrogen and oxygen atoms in total. The van der Waals surface area contributed by atoms with Crippen LogP contribution in [0.1, 0.15) is 17.3 Å². The minimum atomic E-state index is -1.06. The van der Waals surface area contributed by atoms with Crippen LogP contribution in [-0.4, -0.2) is 22.8 Å².